The van der Waals surface area contributed by atoms with Crippen LogP contribution in [0.3, 0.4) is 0 Å². The topological polar surface area (TPSA) is 47.7 Å². The highest BCUT2D eigenvalue weighted by molar-refractivity contribution is 5.85. The maximum atomic E-state index is 5.72. The number of rotatable bonds is 5. The number of piperidine rings is 1. The molecule has 0 radical (unpaired) electrons. The molecule has 0 N–H and O–H groups in total. The van der Waals surface area contributed by atoms with Gasteiger partial charge < -0.3 is 14.0 Å². The average Bonchev–Trinajstić information content (AvgIpc) is 3.02. The zero-order valence-corrected chi connectivity index (χ0v) is 13.6. The first-order valence-corrected chi connectivity index (χ1v) is 7.97. The zero-order valence-electron chi connectivity index (χ0n) is 13.6. The summed E-state index contributed by atoms with van der Waals surface area (Å²) in [5.74, 6) is 0.917. The van der Waals surface area contributed by atoms with E-state index in [4.69, 9.17) is 14.0 Å². The van der Waals surface area contributed by atoms with Crippen molar-refractivity contribution in [3.05, 3.63) is 23.4 Å². The maximum absolute atomic E-state index is 5.72. The predicted octanol–water partition coefficient (Wildman–Crippen LogP) is 3.15. The van der Waals surface area contributed by atoms with Crippen molar-refractivity contribution in [1.29, 1.82) is 0 Å². The molecule has 0 saturated carbocycles. The van der Waals surface area contributed by atoms with E-state index in [9.17, 15) is 0 Å². The fourth-order valence-corrected chi connectivity index (χ4v) is 3.26. The maximum Gasteiger partial charge on any atom is 0.170 e. The first-order valence-electron chi connectivity index (χ1n) is 7.97. The minimum absolute atomic E-state index is 0.414. The number of fused-ring (bicyclic) bond motifs is 1. The number of ether oxygens (including phenoxy) is 2. The van der Waals surface area contributed by atoms with E-state index in [-0.39, 0.29) is 0 Å². The highest BCUT2D eigenvalue weighted by atomic mass is 16.5. The normalized spacial score (nSPS) is 17.2. The van der Waals surface area contributed by atoms with E-state index in [2.05, 4.69) is 17.0 Å². The molecule has 5 heteroatoms. The molecule has 1 fully saturated rings. The number of methoxy groups -OCH3 is 1. The van der Waals surface area contributed by atoms with E-state index in [0.29, 0.717) is 6.10 Å². The quantitative estimate of drug-likeness (QED) is 0.849. The van der Waals surface area contributed by atoms with Crippen molar-refractivity contribution in [2.45, 2.75) is 39.3 Å². The molecule has 0 unspecified atom stereocenters. The van der Waals surface area contributed by atoms with Gasteiger partial charge in [0.1, 0.15) is 5.75 Å². The van der Waals surface area contributed by atoms with Gasteiger partial charge in [-0.25, -0.2) is 0 Å². The molecular formula is C17H24N2O3. The molecule has 3 rings (SSSR count). The lowest BCUT2D eigenvalue weighted by atomic mass is 10.0. The van der Waals surface area contributed by atoms with Crippen LogP contribution in [0.25, 0.3) is 11.0 Å². The van der Waals surface area contributed by atoms with Gasteiger partial charge in [-0.05, 0) is 38.3 Å². The van der Waals surface area contributed by atoms with Gasteiger partial charge in [-0.15, -0.1) is 0 Å². The summed E-state index contributed by atoms with van der Waals surface area (Å²) >= 11 is 0. The molecule has 0 bridgehead atoms. The van der Waals surface area contributed by atoms with Crippen LogP contribution in [-0.4, -0.2) is 43.0 Å². The zero-order chi connectivity index (χ0) is 15.5. The molecular weight excluding hydrogens is 280 g/mol. The molecule has 1 aromatic carbocycles. The molecule has 2 aromatic rings. The molecule has 1 saturated heterocycles. The van der Waals surface area contributed by atoms with Crippen LogP contribution in [0.2, 0.25) is 0 Å². The second-order valence-corrected chi connectivity index (χ2v) is 5.87. The number of hydrogen-bond acceptors (Lipinski definition) is 5. The Morgan fingerprint density at radius 2 is 2.14 bits per heavy atom. The largest absolute Gasteiger partial charge is 0.496 e. The van der Waals surface area contributed by atoms with E-state index in [1.165, 1.54) is 5.56 Å². The fourth-order valence-electron chi connectivity index (χ4n) is 3.26. The first-order chi connectivity index (χ1) is 10.7. The van der Waals surface area contributed by atoms with Gasteiger partial charge in [0.05, 0.1) is 24.8 Å². The Hall–Kier alpha value is -1.59. The van der Waals surface area contributed by atoms with Crippen molar-refractivity contribution in [3.8, 4) is 5.75 Å². The number of nitrogens with zero attached hydrogens (tertiary/aromatic N) is 2. The van der Waals surface area contributed by atoms with E-state index in [0.717, 1.165) is 61.4 Å². The molecule has 0 aliphatic carbocycles. The van der Waals surface area contributed by atoms with E-state index < -0.39 is 0 Å². The third-order valence-corrected chi connectivity index (χ3v) is 4.44. The van der Waals surface area contributed by atoms with Crippen LogP contribution in [0.1, 0.15) is 30.9 Å². The van der Waals surface area contributed by atoms with Crippen molar-refractivity contribution in [2.24, 2.45) is 0 Å². The number of aryl methyl sites for hydroxylation is 1. The summed E-state index contributed by atoms with van der Waals surface area (Å²) in [6, 6.07) is 2.04. The lowest BCUT2D eigenvalue weighted by molar-refractivity contribution is 0.0125. The summed E-state index contributed by atoms with van der Waals surface area (Å²) in [5.41, 5.74) is 3.09. The van der Waals surface area contributed by atoms with Crippen LogP contribution >= 0.6 is 0 Å². The molecule has 120 valence electrons. The van der Waals surface area contributed by atoms with E-state index >= 15 is 0 Å². The van der Waals surface area contributed by atoms with Gasteiger partial charge >= 0.3 is 0 Å². The van der Waals surface area contributed by atoms with Gasteiger partial charge in [-0.2, -0.15) is 0 Å². The van der Waals surface area contributed by atoms with Crippen LogP contribution in [0.4, 0.5) is 0 Å². The highest BCUT2D eigenvalue weighted by Gasteiger charge is 2.22. The molecule has 1 aliphatic rings. The van der Waals surface area contributed by atoms with Gasteiger partial charge in [0.25, 0.3) is 0 Å². The smallest absolute Gasteiger partial charge is 0.170 e. The van der Waals surface area contributed by atoms with E-state index in [1.54, 1.807) is 13.3 Å². The molecule has 1 aliphatic heterocycles. The van der Waals surface area contributed by atoms with E-state index in [1.807, 2.05) is 13.0 Å². The Morgan fingerprint density at radius 3 is 2.82 bits per heavy atom. The summed E-state index contributed by atoms with van der Waals surface area (Å²) < 4.78 is 16.7. The Labute approximate surface area is 131 Å². The Morgan fingerprint density at radius 1 is 1.36 bits per heavy atom. The summed E-state index contributed by atoms with van der Waals surface area (Å²) in [4.78, 5) is 2.45. The summed E-state index contributed by atoms with van der Waals surface area (Å²) in [5, 5.41) is 5.02. The molecule has 1 aromatic heterocycles. The number of benzene rings is 1. The van der Waals surface area contributed by atoms with Crippen molar-refractivity contribution < 1.29 is 14.0 Å². The third kappa shape index (κ3) is 2.96. The molecule has 0 atom stereocenters. The van der Waals surface area contributed by atoms with Gasteiger partial charge in [0.2, 0.25) is 0 Å². The monoisotopic (exact) mass is 304 g/mol. The average molecular weight is 304 g/mol. The highest BCUT2D eigenvalue weighted by Crippen LogP contribution is 2.32. The summed E-state index contributed by atoms with van der Waals surface area (Å²) in [6.45, 7) is 7.85. The summed E-state index contributed by atoms with van der Waals surface area (Å²) in [6.07, 6.45) is 4.40. The van der Waals surface area contributed by atoms with Crippen LogP contribution in [-0.2, 0) is 11.3 Å². The minimum Gasteiger partial charge on any atom is -0.496 e. The standard InChI is InChI=1S/C17H24N2O3/c1-4-21-13-5-7-19(8-6-13)11-15-14-10-18-22-17(14)12(2)9-16(15)20-3/h9-10,13H,4-8,11H2,1-3H3. The van der Waals surface area contributed by atoms with Gasteiger partial charge in [0, 0.05) is 31.8 Å². The minimum atomic E-state index is 0.414. The van der Waals surface area contributed by atoms with Crippen LogP contribution < -0.4 is 4.74 Å². The second-order valence-electron chi connectivity index (χ2n) is 5.87. The molecule has 22 heavy (non-hydrogen) atoms. The van der Waals surface area contributed by atoms with Crippen molar-refractivity contribution in [3.63, 3.8) is 0 Å². The Bertz CT molecular complexity index is 630. The Balaban J connectivity index is 1.79. The van der Waals surface area contributed by atoms with Crippen molar-refractivity contribution >= 4 is 11.0 Å². The van der Waals surface area contributed by atoms with Gasteiger partial charge in [-0.1, -0.05) is 5.16 Å². The third-order valence-electron chi connectivity index (χ3n) is 4.44. The molecule has 5 nitrogen and oxygen atoms in total. The molecule has 0 spiro atoms. The van der Waals surface area contributed by atoms with Crippen molar-refractivity contribution in [2.75, 3.05) is 26.8 Å². The van der Waals surface area contributed by atoms with Crippen LogP contribution in [0, 0.1) is 6.92 Å². The Kier molecular flexibility index (Phi) is 4.64. The van der Waals surface area contributed by atoms with Crippen LogP contribution in [0.5, 0.6) is 5.75 Å². The number of likely N-dealkylation sites (tertiary alicyclic amines) is 1. The van der Waals surface area contributed by atoms with Crippen molar-refractivity contribution in [1.82, 2.24) is 10.1 Å². The SMILES string of the molecule is CCOC1CCN(Cc2c(OC)cc(C)c3oncc23)CC1. The number of hydrogen-bond donors (Lipinski definition) is 0. The summed E-state index contributed by atoms with van der Waals surface area (Å²) in [7, 11) is 1.72. The predicted molar refractivity (Wildman–Crippen MR) is 85.2 cm³/mol. The molecule has 2 heterocycles. The second kappa shape index (κ2) is 6.67. The van der Waals surface area contributed by atoms with Gasteiger partial charge in [-0.3, -0.25) is 4.90 Å². The molecule has 0 amide bonds. The first kappa shape index (κ1) is 15.3. The number of aromatic nitrogens is 1. The van der Waals surface area contributed by atoms with Crippen LogP contribution in [0.15, 0.2) is 16.8 Å². The lowest BCUT2D eigenvalue weighted by Gasteiger charge is -2.32. The fraction of sp³-hybridized carbons (Fsp3) is 0.588. The lowest BCUT2D eigenvalue weighted by Crippen LogP contribution is -2.36. The van der Waals surface area contributed by atoms with Gasteiger partial charge in [0.15, 0.2) is 5.58 Å².